The van der Waals surface area contributed by atoms with E-state index in [1.807, 2.05) is 31.2 Å². The van der Waals surface area contributed by atoms with E-state index in [9.17, 15) is 13.9 Å². The first-order chi connectivity index (χ1) is 9.06. The molecule has 0 bridgehead atoms. The third-order valence-electron chi connectivity index (χ3n) is 3.06. The molecule has 0 aromatic heterocycles. The van der Waals surface area contributed by atoms with E-state index in [0.717, 1.165) is 11.1 Å². The summed E-state index contributed by atoms with van der Waals surface area (Å²) in [4.78, 5) is 0. The van der Waals surface area contributed by atoms with Crippen molar-refractivity contribution in [2.24, 2.45) is 0 Å². The Morgan fingerprint density at radius 1 is 1.00 bits per heavy atom. The van der Waals surface area contributed by atoms with Gasteiger partial charge in [-0.3, -0.25) is 0 Å². The quantitative estimate of drug-likeness (QED) is 0.875. The first-order valence-electron chi connectivity index (χ1n) is 6.18. The second-order valence-electron chi connectivity index (χ2n) is 4.68. The van der Waals surface area contributed by atoms with Crippen molar-refractivity contribution in [2.75, 3.05) is 0 Å². The second-order valence-corrected chi connectivity index (χ2v) is 4.68. The van der Waals surface area contributed by atoms with Gasteiger partial charge in [0.2, 0.25) is 0 Å². The average Bonchev–Trinajstić information content (AvgIpc) is 2.39. The fourth-order valence-electron chi connectivity index (χ4n) is 2.08. The van der Waals surface area contributed by atoms with Crippen LogP contribution in [0, 0.1) is 6.92 Å². The third kappa shape index (κ3) is 3.61. The van der Waals surface area contributed by atoms with Crippen molar-refractivity contribution in [3.8, 4) is 0 Å². The van der Waals surface area contributed by atoms with Gasteiger partial charge in [0.1, 0.15) is 0 Å². The molecule has 0 heterocycles. The van der Waals surface area contributed by atoms with Gasteiger partial charge < -0.3 is 5.11 Å². The van der Waals surface area contributed by atoms with Crippen LogP contribution in [0.2, 0.25) is 0 Å². The average molecular weight is 262 g/mol. The van der Waals surface area contributed by atoms with Crippen LogP contribution in [0.5, 0.6) is 0 Å². The van der Waals surface area contributed by atoms with Crippen molar-refractivity contribution >= 4 is 0 Å². The number of rotatable bonds is 4. The molecule has 100 valence electrons. The molecule has 0 radical (unpaired) electrons. The molecule has 1 atom stereocenters. The summed E-state index contributed by atoms with van der Waals surface area (Å²) < 4.78 is 25.2. The van der Waals surface area contributed by atoms with Crippen LogP contribution >= 0.6 is 0 Å². The van der Waals surface area contributed by atoms with Crippen molar-refractivity contribution < 1.29 is 13.9 Å². The minimum absolute atomic E-state index is 0.0548. The number of aliphatic hydroxyl groups excluding tert-OH is 1. The van der Waals surface area contributed by atoms with E-state index in [1.54, 1.807) is 12.1 Å². The van der Waals surface area contributed by atoms with Crippen LogP contribution in [0.15, 0.2) is 48.5 Å². The first-order valence-corrected chi connectivity index (χ1v) is 6.18. The molecule has 0 fully saturated rings. The van der Waals surface area contributed by atoms with Crippen molar-refractivity contribution in [3.63, 3.8) is 0 Å². The van der Waals surface area contributed by atoms with E-state index in [4.69, 9.17) is 0 Å². The van der Waals surface area contributed by atoms with Gasteiger partial charge in [-0.1, -0.05) is 48.0 Å². The maximum Gasteiger partial charge on any atom is 0.263 e. The van der Waals surface area contributed by atoms with E-state index in [1.165, 1.54) is 12.1 Å². The minimum Gasteiger partial charge on any atom is -0.388 e. The predicted octanol–water partition coefficient (Wildman–Crippen LogP) is 4.21. The van der Waals surface area contributed by atoms with Gasteiger partial charge in [-0.2, -0.15) is 0 Å². The number of alkyl halides is 2. The number of hydrogen-bond acceptors (Lipinski definition) is 1. The third-order valence-corrected chi connectivity index (χ3v) is 3.06. The fourth-order valence-corrected chi connectivity index (χ4v) is 2.08. The molecule has 2 rings (SSSR count). The summed E-state index contributed by atoms with van der Waals surface area (Å²) >= 11 is 0. The molecule has 1 N–H and O–H groups in total. The fraction of sp³-hybridized carbons (Fsp3) is 0.250. The number of aliphatic hydroxyl groups is 1. The molecule has 3 heteroatoms. The summed E-state index contributed by atoms with van der Waals surface area (Å²) in [5.41, 5.74) is 2.58. The van der Waals surface area contributed by atoms with Crippen molar-refractivity contribution in [1.82, 2.24) is 0 Å². The van der Waals surface area contributed by atoms with Gasteiger partial charge in [0.15, 0.2) is 0 Å². The summed E-state index contributed by atoms with van der Waals surface area (Å²) in [6, 6.07) is 13.8. The van der Waals surface area contributed by atoms with Gasteiger partial charge in [0.25, 0.3) is 6.43 Å². The summed E-state index contributed by atoms with van der Waals surface area (Å²) in [6.45, 7) is 1.98. The Bertz CT molecular complexity index is 552. The minimum atomic E-state index is -2.51. The number of hydrogen-bond donors (Lipinski definition) is 1. The number of halogens is 2. The highest BCUT2D eigenvalue weighted by atomic mass is 19.3. The molecule has 0 aliphatic heterocycles. The van der Waals surface area contributed by atoms with Gasteiger partial charge >= 0.3 is 0 Å². The summed E-state index contributed by atoms with van der Waals surface area (Å²) in [7, 11) is 0. The lowest BCUT2D eigenvalue weighted by Crippen LogP contribution is -2.02. The second kappa shape index (κ2) is 5.93. The Kier molecular flexibility index (Phi) is 4.27. The largest absolute Gasteiger partial charge is 0.388 e. The molecular formula is C16H16F2O. The van der Waals surface area contributed by atoms with Crippen LogP contribution in [0.25, 0.3) is 0 Å². The normalized spacial score (nSPS) is 12.7. The van der Waals surface area contributed by atoms with Crippen LogP contribution in [0.1, 0.15) is 34.8 Å². The van der Waals surface area contributed by atoms with Gasteiger partial charge in [0, 0.05) is 12.0 Å². The van der Waals surface area contributed by atoms with E-state index in [2.05, 4.69) is 0 Å². The zero-order valence-electron chi connectivity index (χ0n) is 10.7. The van der Waals surface area contributed by atoms with Gasteiger partial charge in [-0.15, -0.1) is 0 Å². The Balaban J connectivity index is 2.15. The molecule has 2 aromatic rings. The van der Waals surface area contributed by atoms with Crippen LogP contribution < -0.4 is 0 Å². The topological polar surface area (TPSA) is 20.2 Å². The van der Waals surface area contributed by atoms with Crippen LogP contribution in [-0.2, 0) is 6.42 Å². The maximum atomic E-state index is 12.6. The molecule has 0 spiro atoms. The number of benzene rings is 2. The van der Waals surface area contributed by atoms with Gasteiger partial charge in [-0.25, -0.2) is 8.78 Å². The SMILES string of the molecule is Cc1cccc(CC(O)c2cccc(C(F)F)c2)c1. The van der Waals surface area contributed by atoms with Crippen molar-refractivity contribution in [1.29, 1.82) is 0 Å². The van der Waals surface area contributed by atoms with E-state index >= 15 is 0 Å². The molecule has 2 aromatic carbocycles. The maximum absolute atomic E-state index is 12.6. The van der Waals surface area contributed by atoms with E-state index < -0.39 is 12.5 Å². The number of aryl methyl sites for hydroxylation is 1. The van der Waals surface area contributed by atoms with Crippen molar-refractivity contribution in [3.05, 3.63) is 70.8 Å². The first kappa shape index (κ1) is 13.7. The van der Waals surface area contributed by atoms with E-state index in [-0.39, 0.29) is 5.56 Å². The molecule has 0 saturated carbocycles. The molecule has 19 heavy (non-hydrogen) atoms. The van der Waals surface area contributed by atoms with E-state index in [0.29, 0.717) is 12.0 Å². The molecule has 1 unspecified atom stereocenters. The Hall–Kier alpha value is -1.74. The van der Waals surface area contributed by atoms with Gasteiger partial charge in [-0.05, 0) is 24.1 Å². The summed E-state index contributed by atoms with van der Waals surface area (Å²) in [5, 5.41) is 10.1. The predicted molar refractivity (Wildman–Crippen MR) is 71.2 cm³/mol. The van der Waals surface area contributed by atoms with Crippen LogP contribution in [0.3, 0.4) is 0 Å². The smallest absolute Gasteiger partial charge is 0.263 e. The molecule has 0 aliphatic carbocycles. The highest BCUT2D eigenvalue weighted by Gasteiger charge is 2.12. The highest BCUT2D eigenvalue weighted by molar-refractivity contribution is 5.29. The Labute approximate surface area is 111 Å². The lowest BCUT2D eigenvalue weighted by atomic mass is 9.99. The molecule has 0 amide bonds. The lowest BCUT2D eigenvalue weighted by molar-refractivity contribution is 0.149. The van der Waals surface area contributed by atoms with Crippen LogP contribution in [-0.4, -0.2) is 5.11 Å². The molecular weight excluding hydrogens is 246 g/mol. The van der Waals surface area contributed by atoms with Gasteiger partial charge in [0.05, 0.1) is 6.10 Å². The lowest BCUT2D eigenvalue weighted by Gasteiger charge is -2.13. The zero-order valence-corrected chi connectivity index (χ0v) is 10.7. The Morgan fingerprint density at radius 3 is 2.37 bits per heavy atom. The monoisotopic (exact) mass is 262 g/mol. The van der Waals surface area contributed by atoms with Crippen LogP contribution in [0.4, 0.5) is 8.78 Å². The molecule has 0 saturated heterocycles. The Morgan fingerprint density at radius 2 is 1.68 bits per heavy atom. The van der Waals surface area contributed by atoms with Crippen molar-refractivity contribution in [2.45, 2.75) is 25.9 Å². The molecule has 1 nitrogen and oxygen atoms in total. The zero-order chi connectivity index (χ0) is 13.8. The molecule has 0 aliphatic rings. The summed E-state index contributed by atoms with van der Waals surface area (Å²) in [6.07, 6.45) is -2.85. The highest BCUT2D eigenvalue weighted by Crippen LogP contribution is 2.24. The summed E-state index contributed by atoms with van der Waals surface area (Å²) in [5.74, 6) is 0. The standard InChI is InChI=1S/C16H16F2O/c1-11-4-2-5-12(8-11)9-15(19)13-6-3-7-14(10-13)16(17)18/h2-8,10,15-16,19H,9H2,1H3.